The molecule has 0 atom stereocenters. The minimum Gasteiger partial charge on any atom is -0.369 e. The van der Waals surface area contributed by atoms with E-state index in [4.69, 9.17) is 11.0 Å². The molecular formula is C4H5KN3OS2. The second-order valence-corrected chi connectivity index (χ2v) is 2.93. The topological polar surface area (TPSA) is 78.9 Å². The summed E-state index contributed by atoms with van der Waals surface area (Å²) >= 11 is 5.63. The molecule has 3 N–H and O–H groups in total. The van der Waals surface area contributed by atoms with Gasteiger partial charge in [0.2, 0.25) is 5.91 Å². The fourth-order valence-corrected chi connectivity index (χ4v) is 0.832. The Bertz CT molecular complexity index is 190. The van der Waals surface area contributed by atoms with Crippen molar-refractivity contribution >= 4 is 85.6 Å². The van der Waals surface area contributed by atoms with Crippen LogP contribution in [0.2, 0.25) is 0 Å². The van der Waals surface area contributed by atoms with Gasteiger partial charge in [0.25, 0.3) is 0 Å². The maximum absolute atomic E-state index is 10.1. The van der Waals surface area contributed by atoms with Gasteiger partial charge in [-0.15, -0.1) is 0 Å². The number of nitriles is 1. The number of hydrogen-bond acceptors (Lipinski definition) is 4. The molecule has 0 aliphatic heterocycles. The number of nitrogens with one attached hydrogen (secondary N) is 1. The summed E-state index contributed by atoms with van der Waals surface area (Å²) in [6.07, 6.45) is 1.63. The largest absolute Gasteiger partial charge is 0.369 e. The van der Waals surface area contributed by atoms with Crippen molar-refractivity contribution < 1.29 is 4.79 Å². The van der Waals surface area contributed by atoms with Crippen LogP contribution in [0.15, 0.2) is 0 Å². The number of hydrogen-bond donors (Lipinski definition) is 2. The molecule has 0 aliphatic rings. The normalized spacial score (nSPS) is 7.18. The van der Waals surface area contributed by atoms with E-state index in [0.717, 1.165) is 11.8 Å². The number of carbonyl (C=O) groups excluding carboxylic acids is 1. The summed E-state index contributed by atoms with van der Waals surface area (Å²) in [5, 5.41) is 10.2. The second kappa shape index (κ2) is 8.93. The molecule has 0 unspecified atom stereocenters. The van der Waals surface area contributed by atoms with Crippen LogP contribution in [0.3, 0.4) is 0 Å². The number of rotatable bonds is 2. The SMILES string of the molecule is N#CNC(=S)SCC(N)=O.[K]. The maximum Gasteiger partial charge on any atom is 0.227 e. The molecule has 0 aromatic rings. The van der Waals surface area contributed by atoms with Gasteiger partial charge >= 0.3 is 0 Å². The van der Waals surface area contributed by atoms with Crippen molar-refractivity contribution in [1.82, 2.24) is 5.32 Å². The predicted molar refractivity (Wildman–Crippen MR) is 48.8 cm³/mol. The number of nitrogens with zero attached hydrogens (tertiary/aromatic N) is 1. The van der Waals surface area contributed by atoms with Gasteiger partial charge in [-0.2, -0.15) is 5.26 Å². The number of carbonyl (C=O) groups is 1. The quantitative estimate of drug-likeness (QED) is 0.272. The van der Waals surface area contributed by atoms with Gasteiger partial charge in [-0.1, -0.05) is 24.0 Å². The van der Waals surface area contributed by atoms with Gasteiger partial charge in [-0.3, -0.25) is 10.1 Å². The fraction of sp³-hybridized carbons (Fsp3) is 0.250. The molecule has 0 saturated carbocycles. The van der Waals surface area contributed by atoms with Crippen molar-refractivity contribution in [3.63, 3.8) is 0 Å². The summed E-state index contributed by atoms with van der Waals surface area (Å²) in [7, 11) is 0. The maximum atomic E-state index is 10.1. The van der Waals surface area contributed by atoms with Crippen LogP contribution in [0.5, 0.6) is 0 Å². The number of amides is 1. The van der Waals surface area contributed by atoms with E-state index >= 15 is 0 Å². The number of nitrogens with two attached hydrogens (primary N) is 1. The van der Waals surface area contributed by atoms with E-state index in [2.05, 4.69) is 17.5 Å². The number of thiocarbonyl (C=S) groups is 1. The van der Waals surface area contributed by atoms with Gasteiger partial charge in [-0.25, -0.2) is 0 Å². The van der Waals surface area contributed by atoms with Gasteiger partial charge in [0.1, 0.15) is 4.32 Å². The third-order valence-electron chi connectivity index (χ3n) is 0.503. The molecule has 0 aliphatic carbocycles. The Labute approximate surface area is 117 Å². The summed E-state index contributed by atoms with van der Waals surface area (Å²) in [5.74, 6) is -0.347. The second-order valence-electron chi connectivity index (χ2n) is 1.28. The Morgan fingerprint density at radius 3 is 2.73 bits per heavy atom. The first kappa shape index (κ1) is 14.4. The van der Waals surface area contributed by atoms with E-state index in [1.165, 1.54) is 0 Å². The zero-order chi connectivity index (χ0) is 7.98. The van der Waals surface area contributed by atoms with E-state index in [0.29, 0.717) is 0 Å². The third-order valence-corrected chi connectivity index (χ3v) is 1.75. The summed E-state index contributed by atoms with van der Waals surface area (Å²) in [4.78, 5) is 10.1. The van der Waals surface area contributed by atoms with E-state index in [1.54, 1.807) is 6.19 Å². The molecule has 0 heterocycles. The van der Waals surface area contributed by atoms with Crippen LogP contribution in [-0.2, 0) is 4.79 Å². The predicted octanol–water partition coefficient (Wildman–Crippen LogP) is -0.820. The third kappa shape index (κ3) is 10.8. The Kier molecular flexibility index (Phi) is 11.7. The van der Waals surface area contributed by atoms with Crippen molar-refractivity contribution in [2.75, 3.05) is 5.75 Å². The van der Waals surface area contributed by atoms with Crippen LogP contribution in [0.4, 0.5) is 0 Å². The van der Waals surface area contributed by atoms with Crippen LogP contribution >= 0.6 is 24.0 Å². The molecule has 4 nitrogen and oxygen atoms in total. The van der Waals surface area contributed by atoms with E-state index in [9.17, 15) is 4.79 Å². The molecule has 0 bridgehead atoms. The molecule has 7 heteroatoms. The van der Waals surface area contributed by atoms with Gasteiger partial charge < -0.3 is 5.73 Å². The zero-order valence-electron chi connectivity index (χ0n) is 5.96. The molecule has 0 rings (SSSR count). The molecule has 0 fully saturated rings. The van der Waals surface area contributed by atoms with Crippen molar-refractivity contribution in [2.24, 2.45) is 5.73 Å². The van der Waals surface area contributed by atoms with E-state index < -0.39 is 5.91 Å². The van der Waals surface area contributed by atoms with Crippen LogP contribution in [0.25, 0.3) is 0 Å². The summed E-state index contributed by atoms with van der Waals surface area (Å²) in [6.45, 7) is 0. The van der Waals surface area contributed by atoms with Crippen molar-refractivity contribution in [3.05, 3.63) is 0 Å². The van der Waals surface area contributed by atoms with Crippen molar-refractivity contribution in [2.45, 2.75) is 0 Å². The molecular weight excluding hydrogens is 209 g/mol. The first-order valence-corrected chi connectivity index (χ1v) is 3.66. The molecule has 0 spiro atoms. The van der Waals surface area contributed by atoms with Gasteiger partial charge in [-0.05, 0) is 0 Å². The van der Waals surface area contributed by atoms with Gasteiger partial charge in [0.15, 0.2) is 6.19 Å². The summed E-state index contributed by atoms with van der Waals surface area (Å²) in [5.41, 5.74) is 4.81. The first-order valence-electron chi connectivity index (χ1n) is 2.27. The number of thioether (sulfide) groups is 1. The molecule has 11 heavy (non-hydrogen) atoms. The minimum atomic E-state index is -0.452. The van der Waals surface area contributed by atoms with Crippen LogP contribution in [0, 0.1) is 11.5 Å². The minimum absolute atomic E-state index is 0. The Morgan fingerprint density at radius 2 is 2.36 bits per heavy atom. The molecule has 0 aromatic carbocycles. The van der Waals surface area contributed by atoms with Crippen LogP contribution in [0.1, 0.15) is 0 Å². The van der Waals surface area contributed by atoms with Crippen LogP contribution in [-0.4, -0.2) is 67.4 Å². The van der Waals surface area contributed by atoms with Gasteiger partial charge in [0.05, 0.1) is 5.75 Å². The number of primary amides is 1. The Balaban J connectivity index is 0. The first-order chi connectivity index (χ1) is 4.66. The Morgan fingerprint density at radius 1 is 1.82 bits per heavy atom. The fourth-order valence-electron chi connectivity index (χ4n) is 0.218. The zero-order valence-corrected chi connectivity index (χ0v) is 10.7. The van der Waals surface area contributed by atoms with E-state index in [-0.39, 0.29) is 61.5 Å². The van der Waals surface area contributed by atoms with Crippen molar-refractivity contribution in [3.8, 4) is 6.19 Å². The van der Waals surface area contributed by atoms with Crippen LogP contribution < -0.4 is 11.1 Å². The van der Waals surface area contributed by atoms with Gasteiger partial charge in [0, 0.05) is 51.4 Å². The Hall–Kier alpha value is 0.836. The summed E-state index contributed by atoms with van der Waals surface area (Å²) < 4.78 is 0.265. The molecule has 55 valence electrons. The summed E-state index contributed by atoms with van der Waals surface area (Å²) in [6, 6.07) is 0. The van der Waals surface area contributed by atoms with Crippen molar-refractivity contribution in [1.29, 1.82) is 5.26 Å². The standard InChI is InChI=1S/C4H5N3OS2.K/c5-2-7-4(9)10-1-3(6)8;/h1H2,(H2,6,8)(H,7,9);. The molecule has 0 aromatic heterocycles. The molecule has 1 radical (unpaired) electrons. The smallest absolute Gasteiger partial charge is 0.227 e. The molecule has 0 saturated heterocycles. The average molecular weight is 214 g/mol. The average Bonchev–Trinajstić information content (AvgIpc) is 1.85. The molecule has 1 amide bonds. The van der Waals surface area contributed by atoms with E-state index in [1.807, 2.05) is 0 Å². The monoisotopic (exact) mass is 214 g/mol.